The molecule has 0 saturated carbocycles. The van der Waals surface area contributed by atoms with Gasteiger partial charge >= 0.3 is 0 Å². The molecule has 140 valence electrons. The number of carbonyl (C=O) groups is 2. The average molecular weight is 366 g/mol. The van der Waals surface area contributed by atoms with Gasteiger partial charge in [-0.25, -0.2) is 0 Å². The number of amides is 1. The quantitative estimate of drug-likeness (QED) is 0.882. The van der Waals surface area contributed by atoms with Gasteiger partial charge in [-0.1, -0.05) is 24.3 Å². The third-order valence-electron chi connectivity index (χ3n) is 5.14. The molecule has 0 radical (unpaired) electrons. The van der Waals surface area contributed by atoms with Crippen LogP contribution in [0.15, 0.2) is 48.8 Å². The molecule has 4 rings (SSSR count). The zero-order valence-electron chi connectivity index (χ0n) is 15.3. The summed E-state index contributed by atoms with van der Waals surface area (Å²) in [6.07, 6.45) is 3.32. The Kier molecular flexibility index (Phi) is 4.41. The van der Waals surface area contributed by atoms with Gasteiger partial charge in [0.2, 0.25) is 0 Å². The fraction of sp³-hybridized carbons (Fsp3) is 0.350. The fourth-order valence-corrected chi connectivity index (χ4v) is 3.69. The maximum atomic E-state index is 12.9. The van der Waals surface area contributed by atoms with Gasteiger partial charge in [0.25, 0.3) is 5.91 Å². The number of aliphatic hydroxyl groups excluding tert-OH is 1. The Morgan fingerprint density at radius 2 is 2.00 bits per heavy atom. The molecule has 1 saturated heterocycles. The first kappa shape index (κ1) is 17.6. The van der Waals surface area contributed by atoms with E-state index in [1.165, 1.54) is 6.08 Å². The molecule has 0 aliphatic carbocycles. The highest BCUT2D eigenvalue weighted by Crippen LogP contribution is 2.27. The molecular weight excluding hydrogens is 344 g/mol. The van der Waals surface area contributed by atoms with E-state index < -0.39 is 17.9 Å². The van der Waals surface area contributed by atoms with Crippen molar-refractivity contribution in [2.75, 3.05) is 6.67 Å². The van der Waals surface area contributed by atoms with Crippen molar-refractivity contribution >= 4 is 22.6 Å². The molecule has 2 aliphatic rings. The van der Waals surface area contributed by atoms with Gasteiger partial charge in [0.1, 0.15) is 6.10 Å². The maximum Gasteiger partial charge on any atom is 0.251 e. The molecule has 0 spiro atoms. The van der Waals surface area contributed by atoms with Crippen molar-refractivity contribution in [3.05, 3.63) is 54.4 Å². The van der Waals surface area contributed by atoms with E-state index in [0.717, 1.165) is 16.5 Å². The minimum Gasteiger partial charge on any atom is -0.382 e. The number of pyridine rings is 1. The molecule has 2 unspecified atom stereocenters. The summed E-state index contributed by atoms with van der Waals surface area (Å²) in [6, 6.07) is 8.95. The summed E-state index contributed by atoms with van der Waals surface area (Å²) in [5, 5.41) is 15.1. The number of ketones is 1. The lowest BCUT2D eigenvalue weighted by molar-refractivity contribution is -0.184. The van der Waals surface area contributed by atoms with Crippen LogP contribution in [0.25, 0.3) is 10.9 Å². The molecular formula is C20H22N4O3. The van der Waals surface area contributed by atoms with Gasteiger partial charge in [0.05, 0.1) is 12.2 Å². The highest BCUT2D eigenvalue weighted by molar-refractivity contribution is 6.00. The highest BCUT2D eigenvalue weighted by Gasteiger charge is 2.46. The molecule has 2 atom stereocenters. The van der Waals surface area contributed by atoms with E-state index in [-0.39, 0.29) is 11.9 Å². The number of hydrogen-bond acceptors (Lipinski definition) is 6. The fourth-order valence-electron chi connectivity index (χ4n) is 3.69. The minimum atomic E-state index is -1.36. The number of aromatic nitrogens is 1. The SMILES string of the molecule is CC(C)N1CN(Cc2cccc3cccnc23)N2C=CC(=O)C(O)C2C1=O. The summed E-state index contributed by atoms with van der Waals surface area (Å²) in [7, 11) is 0. The summed E-state index contributed by atoms with van der Waals surface area (Å²) in [6.45, 7) is 4.74. The number of hydrogen-bond donors (Lipinski definition) is 1. The van der Waals surface area contributed by atoms with Crippen molar-refractivity contribution in [3.63, 3.8) is 0 Å². The zero-order chi connectivity index (χ0) is 19.1. The molecule has 1 amide bonds. The average Bonchev–Trinajstić information content (AvgIpc) is 2.66. The van der Waals surface area contributed by atoms with Crippen LogP contribution in [0.4, 0.5) is 0 Å². The number of para-hydroxylation sites is 1. The van der Waals surface area contributed by atoms with Gasteiger partial charge in [-0.05, 0) is 25.5 Å². The summed E-state index contributed by atoms with van der Waals surface area (Å²) >= 11 is 0. The van der Waals surface area contributed by atoms with E-state index in [4.69, 9.17) is 0 Å². The first-order valence-corrected chi connectivity index (χ1v) is 9.04. The Balaban J connectivity index is 1.73. The van der Waals surface area contributed by atoms with Gasteiger partial charge in [0, 0.05) is 36.4 Å². The Labute approximate surface area is 157 Å². The van der Waals surface area contributed by atoms with Gasteiger partial charge in [0.15, 0.2) is 11.8 Å². The largest absolute Gasteiger partial charge is 0.382 e. The van der Waals surface area contributed by atoms with E-state index in [1.807, 2.05) is 49.2 Å². The number of fused-ring (bicyclic) bond motifs is 2. The van der Waals surface area contributed by atoms with Crippen LogP contribution in [-0.4, -0.2) is 61.6 Å². The van der Waals surface area contributed by atoms with E-state index in [2.05, 4.69) is 4.98 Å². The van der Waals surface area contributed by atoms with E-state index in [0.29, 0.717) is 13.2 Å². The molecule has 7 heteroatoms. The standard InChI is InChI=1S/C20H22N4O3/c1-13(2)23-12-22(24-10-8-16(25)19(26)18(24)20(23)27)11-15-6-3-5-14-7-4-9-21-17(14)15/h3-10,13,18-19,26H,11-12H2,1-2H3. The molecule has 3 heterocycles. The second-order valence-corrected chi connectivity index (χ2v) is 7.19. The van der Waals surface area contributed by atoms with Crippen LogP contribution in [0.3, 0.4) is 0 Å². The molecule has 0 bridgehead atoms. The maximum absolute atomic E-state index is 12.9. The Hall–Kier alpha value is -2.77. The molecule has 7 nitrogen and oxygen atoms in total. The third-order valence-corrected chi connectivity index (χ3v) is 5.14. The molecule has 1 N–H and O–H groups in total. The number of aliphatic hydroxyl groups is 1. The number of hydrazine groups is 1. The highest BCUT2D eigenvalue weighted by atomic mass is 16.3. The lowest BCUT2D eigenvalue weighted by Crippen LogP contribution is -2.68. The summed E-state index contributed by atoms with van der Waals surface area (Å²) in [5.74, 6) is -0.676. The molecule has 2 aromatic rings. The Morgan fingerprint density at radius 1 is 1.22 bits per heavy atom. The lowest BCUT2D eigenvalue weighted by Gasteiger charge is -2.50. The van der Waals surface area contributed by atoms with Crippen molar-refractivity contribution in [3.8, 4) is 0 Å². The number of benzene rings is 1. The molecule has 1 aromatic carbocycles. The topological polar surface area (TPSA) is 77.0 Å². The molecule has 1 aromatic heterocycles. The van der Waals surface area contributed by atoms with Crippen molar-refractivity contribution < 1.29 is 14.7 Å². The van der Waals surface area contributed by atoms with Crippen LogP contribution in [0, 0.1) is 0 Å². The summed E-state index contributed by atoms with van der Waals surface area (Å²) in [5.41, 5.74) is 1.92. The summed E-state index contributed by atoms with van der Waals surface area (Å²) in [4.78, 5) is 31.0. The third kappa shape index (κ3) is 2.98. The second kappa shape index (κ2) is 6.75. The van der Waals surface area contributed by atoms with Gasteiger partial charge < -0.3 is 10.0 Å². The van der Waals surface area contributed by atoms with Crippen LogP contribution in [0.2, 0.25) is 0 Å². The predicted molar refractivity (Wildman–Crippen MR) is 99.9 cm³/mol. The monoisotopic (exact) mass is 366 g/mol. The molecule has 27 heavy (non-hydrogen) atoms. The van der Waals surface area contributed by atoms with Gasteiger partial charge in [-0.15, -0.1) is 0 Å². The number of rotatable bonds is 3. The van der Waals surface area contributed by atoms with Crippen molar-refractivity contribution in [1.82, 2.24) is 19.9 Å². The van der Waals surface area contributed by atoms with E-state index >= 15 is 0 Å². The normalized spacial score (nSPS) is 23.4. The van der Waals surface area contributed by atoms with E-state index in [9.17, 15) is 14.7 Å². The van der Waals surface area contributed by atoms with Crippen LogP contribution in [-0.2, 0) is 16.1 Å². The molecule has 1 fully saturated rings. The van der Waals surface area contributed by atoms with Crippen LogP contribution >= 0.6 is 0 Å². The van der Waals surface area contributed by atoms with Crippen LogP contribution in [0.5, 0.6) is 0 Å². The molecule has 2 aliphatic heterocycles. The van der Waals surface area contributed by atoms with Gasteiger partial charge in [-0.2, -0.15) is 5.01 Å². The predicted octanol–water partition coefficient (Wildman–Crippen LogP) is 1.29. The van der Waals surface area contributed by atoms with Crippen LogP contribution < -0.4 is 0 Å². The van der Waals surface area contributed by atoms with Crippen molar-refractivity contribution in [2.24, 2.45) is 0 Å². The lowest BCUT2D eigenvalue weighted by atomic mass is 10.00. The summed E-state index contributed by atoms with van der Waals surface area (Å²) < 4.78 is 0. The number of nitrogens with zero attached hydrogens (tertiary/aromatic N) is 4. The Morgan fingerprint density at radius 3 is 2.78 bits per heavy atom. The first-order valence-electron chi connectivity index (χ1n) is 9.04. The minimum absolute atomic E-state index is 0.0407. The zero-order valence-corrected chi connectivity index (χ0v) is 15.3. The number of carbonyl (C=O) groups excluding carboxylic acids is 2. The first-order chi connectivity index (χ1) is 13.0. The van der Waals surface area contributed by atoms with E-state index in [1.54, 1.807) is 22.3 Å². The van der Waals surface area contributed by atoms with Crippen LogP contribution in [0.1, 0.15) is 19.4 Å². The van der Waals surface area contributed by atoms with Crippen molar-refractivity contribution in [1.29, 1.82) is 0 Å². The second-order valence-electron chi connectivity index (χ2n) is 7.19. The Bertz CT molecular complexity index is 921. The smallest absolute Gasteiger partial charge is 0.251 e. The van der Waals surface area contributed by atoms with Crippen molar-refractivity contribution in [2.45, 2.75) is 38.6 Å². The van der Waals surface area contributed by atoms with Gasteiger partial charge in [-0.3, -0.25) is 19.6 Å².